The molecule has 0 saturated heterocycles. The summed E-state index contributed by atoms with van der Waals surface area (Å²) >= 11 is 9.18. The maximum atomic E-state index is 8.87. The molecular weight excluding hydrogens is 230 g/mol. The Balaban J connectivity index is 3.61. The highest BCUT2D eigenvalue weighted by Gasteiger charge is 2.08. The molecule has 2 atom stereocenters. The van der Waals surface area contributed by atoms with Gasteiger partial charge in [-0.15, -0.1) is 0 Å². The Morgan fingerprint density at radius 2 is 1.33 bits per heavy atom. The van der Waals surface area contributed by atoms with Crippen molar-refractivity contribution < 1.29 is 10.2 Å². The molecule has 0 fully saturated rings. The highest BCUT2D eigenvalue weighted by atomic mass is 32.1. The molecule has 0 aromatic heterocycles. The van der Waals surface area contributed by atoms with Gasteiger partial charge in [-0.05, 0) is 51.1 Å². The number of aliphatic hydroxyl groups excluding tert-OH is 2. The maximum Gasteiger partial charge on any atom is 0.156 e. The van der Waals surface area contributed by atoms with Crippen LogP contribution >= 0.6 is 24.4 Å². The monoisotopic (exact) mass is 249 g/mol. The van der Waals surface area contributed by atoms with Gasteiger partial charge in [0.05, 0.1) is 0 Å². The molecule has 2 unspecified atom stereocenters. The van der Waals surface area contributed by atoms with Gasteiger partial charge >= 0.3 is 0 Å². The quantitative estimate of drug-likeness (QED) is 0.577. The molecule has 88 valence electrons. The van der Waals surface area contributed by atoms with Gasteiger partial charge in [0.1, 0.15) is 0 Å². The van der Waals surface area contributed by atoms with Crippen LogP contribution in [0.25, 0.3) is 0 Å². The van der Waals surface area contributed by atoms with Crippen LogP contribution in [-0.2, 0) is 0 Å². The molecule has 0 aliphatic carbocycles. The van der Waals surface area contributed by atoms with Crippen LogP contribution in [0.15, 0.2) is 0 Å². The van der Waals surface area contributed by atoms with E-state index in [1.807, 2.05) is 13.8 Å². The minimum atomic E-state index is 0.0628. The normalized spacial score (nSPS) is 14.5. The molecule has 0 radical (unpaired) electrons. The molecule has 5 heteroatoms. The second-order valence-corrected chi connectivity index (χ2v) is 4.78. The first-order valence-electron chi connectivity index (χ1n) is 5.11. The third-order valence-corrected chi connectivity index (χ3v) is 2.56. The van der Waals surface area contributed by atoms with Crippen molar-refractivity contribution in [2.75, 3.05) is 0 Å². The van der Waals surface area contributed by atoms with Crippen LogP contribution < -0.4 is 5.32 Å². The summed E-state index contributed by atoms with van der Waals surface area (Å²) < 4.78 is 0. The van der Waals surface area contributed by atoms with Gasteiger partial charge in [0.15, 0.2) is 10.1 Å². The summed E-state index contributed by atoms with van der Waals surface area (Å²) in [6.07, 6.45) is 2.75. The molecule has 0 aromatic rings. The fourth-order valence-electron chi connectivity index (χ4n) is 1.33. The van der Waals surface area contributed by atoms with E-state index >= 15 is 0 Å². The lowest BCUT2D eigenvalue weighted by Gasteiger charge is -2.19. The molecule has 0 rings (SSSR count). The number of rotatable bonds is 8. The summed E-state index contributed by atoms with van der Waals surface area (Å²) in [5.41, 5.74) is 0. The predicted octanol–water partition coefficient (Wildman–Crippen LogP) is 2.68. The average Bonchev–Trinajstić information content (AvgIpc) is 2.11. The fraction of sp³-hybridized carbons (Fsp3) is 0.800. The minimum absolute atomic E-state index is 0.0628. The van der Waals surface area contributed by atoms with Crippen molar-refractivity contribution in [2.45, 2.75) is 51.6 Å². The first-order valence-corrected chi connectivity index (χ1v) is 5.93. The Kier molecular flexibility index (Phi) is 7.82. The first-order chi connectivity index (χ1) is 6.91. The minimum Gasteiger partial charge on any atom is -0.502 e. The molecule has 0 aromatic carbocycles. The van der Waals surface area contributed by atoms with E-state index in [2.05, 4.69) is 29.8 Å². The highest BCUT2D eigenvalue weighted by molar-refractivity contribution is 7.80. The third kappa shape index (κ3) is 10.0. The summed E-state index contributed by atoms with van der Waals surface area (Å²) in [7, 11) is 0. The smallest absolute Gasteiger partial charge is 0.156 e. The molecule has 0 spiro atoms. The van der Waals surface area contributed by atoms with Crippen molar-refractivity contribution in [1.29, 1.82) is 0 Å². The van der Waals surface area contributed by atoms with Crippen LogP contribution in [0.2, 0.25) is 0 Å². The van der Waals surface area contributed by atoms with Gasteiger partial charge in [-0.25, -0.2) is 0 Å². The Bertz CT molecular complexity index is 199. The van der Waals surface area contributed by atoms with Gasteiger partial charge in [-0.2, -0.15) is 0 Å². The zero-order valence-corrected chi connectivity index (χ0v) is 10.8. The molecule has 15 heavy (non-hydrogen) atoms. The standard InChI is InChI=1S/C10H19NO2S2/c1-7(3-5-9(12)14)11-8(2)4-6-10(13)15/h7-8,11H,3-6H2,1-2H3,(H,12,14)(H,13,15). The van der Waals surface area contributed by atoms with Crippen molar-refractivity contribution >= 4 is 34.5 Å². The summed E-state index contributed by atoms with van der Waals surface area (Å²) in [4.78, 5) is 0. The van der Waals surface area contributed by atoms with Gasteiger partial charge in [-0.3, -0.25) is 0 Å². The van der Waals surface area contributed by atoms with Gasteiger partial charge in [0, 0.05) is 24.9 Å². The van der Waals surface area contributed by atoms with E-state index in [0.29, 0.717) is 24.9 Å². The van der Waals surface area contributed by atoms with Crippen LogP contribution in [0.1, 0.15) is 39.5 Å². The predicted molar refractivity (Wildman–Crippen MR) is 71.0 cm³/mol. The van der Waals surface area contributed by atoms with E-state index in [0.717, 1.165) is 12.8 Å². The lowest BCUT2D eigenvalue weighted by molar-refractivity contribution is 0.422. The number of hydrogen-bond donors (Lipinski definition) is 3. The number of nitrogens with one attached hydrogen (secondary N) is 1. The van der Waals surface area contributed by atoms with E-state index in [4.69, 9.17) is 10.2 Å². The lowest BCUT2D eigenvalue weighted by Crippen LogP contribution is -2.35. The second kappa shape index (κ2) is 7.96. The Morgan fingerprint density at radius 1 is 1.00 bits per heavy atom. The average molecular weight is 249 g/mol. The van der Waals surface area contributed by atoms with E-state index in [1.54, 1.807) is 0 Å². The van der Waals surface area contributed by atoms with Crippen LogP contribution in [0.3, 0.4) is 0 Å². The van der Waals surface area contributed by atoms with Crippen LogP contribution in [0, 0.1) is 0 Å². The zero-order chi connectivity index (χ0) is 11.8. The van der Waals surface area contributed by atoms with Gasteiger partial charge in [-0.1, -0.05) is 0 Å². The molecule has 0 saturated carbocycles. The van der Waals surface area contributed by atoms with Gasteiger partial charge in [0.25, 0.3) is 0 Å². The summed E-state index contributed by atoms with van der Waals surface area (Å²) in [5.74, 6) is 0. The fourth-order valence-corrected chi connectivity index (χ4v) is 1.57. The first kappa shape index (κ1) is 14.7. The molecule has 0 amide bonds. The third-order valence-electron chi connectivity index (χ3n) is 2.15. The number of thiocarbonyl (C=S) groups is 2. The Hall–Kier alpha value is -0.260. The lowest BCUT2D eigenvalue weighted by atomic mass is 10.1. The molecule has 3 N–H and O–H groups in total. The molecule has 0 heterocycles. The van der Waals surface area contributed by atoms with E-state index in [9.17, 15) is 0 Å². The Morgan fingerprint density at radius 3 is 1.60 bits per heavy atom. The summed E-state index contributed by atoms with van der Waals surface area (Å²) in [5, 5.41) is 21.2. The zero-order valence-electron chi connectivity index (χ0n) is 9.19. The van der Waals surface area contributed by atoms with Crippen LogP contribution in [0.5, 0.6) is 0 Å². The van der Waals surface area contributed by atoms with E-state index < -0.39 is 0 Å². The maximum absolute atomic E-state index is 8.87. The molecule has 0 aliphatic rings. The van der Waals surface area contributed by atoms with Crippen LogP contribution in [0.4, 0.5) is 0 Å². The molecule has 0 aliphatic heterocycles. The van der Waals surface area contributed by atoms with Crippen molar-refractivity contribution in [1.82, 2.24) is 5.32 Å². The summed E-state index contributed by atoms with van der Waals surface area (Å²) in [6, 6.07) is 0.606. The van der Waals surface area contributed by atoms with Crippen molar-refractivity contribution in [3.63, 3.8) is 0 Å². The number of aliphatic hydroxyl groups is 2. The second-order valence-electron chi connectivity index (χ2n) is 3.83. The van der Waals surface area contributed by atoms with Gasteiger partial charge in [0.2, 0.25) is 0 Å². The van der Waals surface area contributed by atoms with Crippen molar-refractivity contribution in [3.05, 3.63) is 0 Å². The largest absolute Gasteiger partial charge is 0.502 e. The molecular formula is C10H19NO2S2. The van der Waals surface area contributed by atoms with Crippen LogP contribution in [-0.4, -0.2) is 32.4 Å². The highest BCUT2D eigenvalue weighted by Crippen LogP contribution is 2.03. The topological polar surface area (TPSA) is 52.5 Å². The molecule has 3 nitrogen and oxygen atoms in total. The number of hydrogen-bond acceptors (Lipinski definition) is 3. The van der Waals surface area contributed by atoms with Gasteiger partial charge < -0.3 is 15.5 Å². The SMILES string of the molecule is CC(CCC(O)=S)NC(C)CCC(O)=S. The van der Waals surface area contributed by atoms with E-state index in [1.165, 1.54) is 0 Å². The Labute approximate surface area is 102 Å². The molecule has 0 bridgehead atoms. The van der Waals surface area contributed by atoms with Crippen molar-refractivity contribution in [3.8, 4) is 0 Å². The van der Waals surface area contributed by atoms with E-state index in [-0.39, 0.29) is 10.1 Å². The summed E-state index contributed by atoms with van der Waals surface area (Å²) in [6.45, 7) is 4.10. The van der Waals surface area contributed by atoms with Crippen molar-refractivity contribution in [2.24, 2.45) is 0 Å².